The minimum atomic E-state index is -0.762. The number of hydrogen-bond donors (Lipinski definition) is 1. The maximum absolute atomic E-state index is 12.1. The zero-order chi connectivity index (χ0) is 21.4. The third-order valence-electron chi connectivity index (χ3n) is 4.95. The maximum atomic E-state index is 12.1. The predicted molar refractivity (Wildman–Crippen MR) is 125 cm³/mol. The molecule has 0 radical (unpaired) electrons. The molecule has 0 fully saturated rings. The van der Waals surface area contributed by atoms with Crippen LogP contribution >= 0.6 is 0 Å². The van der Waals surface area contributed by atoms with Gasteiger partial charge in [-0.25, -0.2) is 0 Å². The van der Waals surface area contributed by atoms with Gasteiger partial charge in [0.1, 0.15) is 0 Å². The Labute approximate surface area is 188 Å². The molecule has 0 bridgehead atoms. The number of fused-ring (bicyclic) bond motifs is 2. The molecule has 0 aliphatic carbocycles. The summed E-state index contributed by atoms with van der Waals surface area (Å²) in [6.45, 7) is 8.28. The Kier molecular flexibility index (Phi) is 5.95. The molecule has 0 atom stereocenters. The van der Waals surface area contributed by atoms with Gasteiger partial charge in [-0.1, -0.05) is 0 Å². The Morgan fingerprint density at radius 1 is 0.767 bits per heavy atom. The fourth-order valence-corrected chi connectivity index (χ4v) is 9.20. The van der Waals surface area contributed by atoms with E-state index in [0.29, 0.717) is 0 Å². The van der Waals surface area contributed by atoms with Crippen LogP contribution in [0.5, 0.6) is 0 Å². The number of benzene rings is 2. The van der Waals surface area contributed by atoms with Crippen LogP contribution in [-0.2, 0) is 4.79 Å². The van der Waals surface area contributed by atoms with Crippen molar-refractivity contribution < 1.29 is 9.90 Å². The Balaban J connectivity index is 1.64. The number of aryl methyl sites for hydroxylation is 4. The molecule has 0 aliphatic rings. The van der Waals surface area contributed by atoms with Crippen LogP contribution < -0.4 is 9.18 Å². The first-order valence-electron chi connectivity index (χ1n) is 9.62. The van der Waals surface area contributed by atoms with E-state index in [0.717, 1.165) is 42.1 Å². The van der Waals surface area contributed by atoms with Crippen molar-refractivity contribution in [2.24, 2.45) is 0 Å². The molecule has 2 aromatic heterocycles. The zero-order valence-corrected chi connectivity index (χ0v) is 20.7. The van der Waals surface area contributed by atoms with Crippen molar-refractivity contribution in [2.45, 2.75) is 31.4 Å². The van der Waals surface area contributed by atoms with Gasteiger partial charge in [-0.15, -0.1) is 0 Å². The molecule has 0 saturated heterocycles. The number of hydrogen-bond acceptors (Lipinski definition) is 3. The van der Waals surface area contributed by atoms with Crippen molar-refractivity contribution in [2.75, 3.05) is 0 Å². The molecule has 2 heterocycles. The average Bonchev–Trinajstić information content (AvgIpc) is 2.69. The van der Waals surface area contributed by atoms with Gasteiger partial charge in [0, 0.05) is 0 Å². The summed E-state index contributed by atoms with van der Waals surface area (Å²) in [5, 5.41) is 12.2. The molecule has 0 unspecified atom stereocenters. The molecule has 0 aliphatic heterocycles. The van der Waals surface area contributed by atoms with Crippen LogP contribution in [0, 0.1) is 27.7 Å². The van der Waals surface area contributed by atoms with E-state index in [1.807, 2.05) is 24.3 Å². The van der Waals surface area contributed by atoms with E-state index in [1.165, 1.54) is 11.1 Å². The van der Waals surface area contributed by atoms with Crippen LogP contribution in [0.4, 0.5) is 0 Å². The van der Waals surface area contributed by atoms with Gasteiger partial charge in [-0.05, 0) is 0 Å². The predicted octanol–water partition coefficient (Wildman–Crippen LogP) is 3.21. The van der Waals surface area contributed by atoms with Crippen LogP contribution in [0.2, 0.25) is 3.71 Å². The number of carbonyl (C=O) groups is 1. The van der Waals surface area contributed by atoms with Crippen LogP contribution in [0.25, 0.3) is 21.8 Å². The zero-order valence-electron chi connectivity index (χ0n) is 17.3. The van der Waals surface area contributed by atoms with Gasteiger partial charge in [0.2, 0.25) is 0 Å². The molecule has 4 aromatic rings. The fraction of sp³-hybridized carbons (Fsp3) is 0.208. The van der Waals surface area contributed by atoms with E-state index >= 15 is 0 Å². The monoisotopic (exact) mass is 530 g/mol. The van der Waals surface area contributed by atoms with E-state index in [4.69, 9.17) is 9.97 Å². The second kappa shape index (κ2) is 8.49. The molecule has 4 rings (SSSR count). The molecule has 0 amide bonds. The van der Waals surface area contributed by atoms with Crippen molar-refractivity contribution in [3.05, 3.63) is 70.8 Å². The molecule has 2 aromatic carbocycles. The van der Waals surface area contributed by atoms with Gasteiger partial charge < -0.3 is 0 Å². The van der Waals surface area contributed by atoms with Crippen molar-refractivity contribution in [1.29, 1.82) is 0 Å². The summed E-state index contributed by atoms with van der Waals surface area (Å²) < 4.78 is 1.33. The molecule has 4 nitrogen and oxygen atoms in total. The number of nitrogens with zero attached hydrogens (tertiary/aromatic N) is 2. The van der Waals surface area contributed by atoms with Crippen LogP contribution in [0.3, 0.4) is 0 Å². The van der Waals surface area contributed by atoms with Gasteiger partial charge >= 0.3 is 189 Å². The Morgan fingerprint density at radius 2 is 1.20 bits per heavy atom. The van der Waals surface area contributed by atoms with E-state index in [2.05, 4.69) is 52.0 Å². The summed E-state index contributed by atoms with van der Waals surface area (Å²) >= 11 is -0.541. The van der Waals surface area contributed by atoms with Crippen LogP contribution in [0.15, 0.2) is 48.5 Å². The number of rotatable bonds is 5. The first-order chi connectivity index (χ1) is 14.3. The third kappa shape index (κ3) is 4.43. The molecule has 1 N–H and O–H groups in total. The first kappa shape index (κ1) is 21.0. The van der Waals surface area contributed by atoms with Crippen molar-refractivity contribution in [1.82, 2.24) is 9.97 Å². The SMILES string of the molecule is Cc1ccc2nc([Se]C([Se]c3cc(C)c4cc(C)ccc4n3)C(=O)O)cc(C)c2c1. The normalized spacial score (nSPS) is 11.5. The number of pyridine rings is 2. The summed E-state index contributed by atoms with van der Waals surface area (Å²) in [6.07, 6.45) is 0. The standard InChI is InChI=1S/C24H22N2O2Se2/c1-13-5-7-19-17(9-13)15(3)11-21(25-19)29-24(23(27)28)30-22-12-16(4)18-10-14(2)6-8-20(18)26-22/h5-12,24H,1-4H3,(H,27,28). The van der Waals surface area contributed by atoms with Gasteiger partial charge in [-0.2, -0.15) is 0 Å². The summed E-state index contributed by atoms with van der Waals surface area (Å²) in [4.78, 5) is 21.6. The summed E-state index contributed by atoms with van der Waals surface area (Å²) in [6, 6.07) is 16.5. The van der Waals surface area contributed by atoms with E-state index in [-0.39, 0.29) is 29.9 Å². The van der Waals surface area contributed by atoms with Gasteiger partial charge in [-0.3, -0.25) is 0 Å². The minimum absolute atomic E-state index is 0.270. The van der Waals surface area contributed by atoms with Crippen molar-refractivity contribution in [3.63, 3.8) is 0 Å². The van der Waals surface area contributed by atoms with Gasteiger partial charge in [0.15, 0.2) is 0 Å². The summed E-state index contributed by atoms with van der Waals surface area (Å²) in [5.41, 5.74) is 6.56. The third-order valence-corrected chi connectivity index (χ3v) is 10.7. The quantitative estimate of drug-likeness (QED) is 0.405. The molecule has 152 valence electrons. The van der Waals surface area contributed by atoms with Crippen LogP contribution in [0.1, 0.15) is 22.3 Å². The molecule has 0 spiro atoms. The topological polar surface area (TPSA) is 63.1 Å². The average molecular weight is 528 g/mol. The van der Waals surface area contributed by atoms with Crippen LogP contribution in [-0.4, -0.2) is 51.0 Å². The Bertz CT molecular complexity index is 1190. The molecule has 0 saturated carbocycles. The second-order valence-corrected chi connectivity index (χ2v) is 13.7. The van der Waals surface area contributed by atoms with Crippen molar-refractivity contribution >= 4 is 66.9 Å². The summed E-state index contributed by atoms with van der Waals surface area (Å²) in [5.74, 6) is -0.762. The number of carboxylic acid groups (broad SMARTS) is 1. The Morgan fingerprint density at radius 3 is 1.60 bits per heavy atom. The first-order valence-corrected chi connectivity index (χ1v) is 13.3. The molecular weight excluding hydrogens is 506 g/mol. The van der Waals surface area contributed by atoms with Gasteiger partial charge in [0.05, 0.1) is 0 Å². The number of aromatic nitrogens is 2. The number of carboxylic acids is 1. The van der Waals surface area contributed by atoms with E-state index in [9.17, 15) is 9.90 Å². The number of aliphatic carboxylic acids is 1. The Hall–Kier alpha value is -2.23. The molecule has 30 heavy (non-hydrogen) atoms. The summed E-state index contributed by atoms with van der Waals surface area (Å²) in [7, 11) is 0. The second-order valence-electron chi connectivity index (χ2n) is 7.50. The van der Waals surface area contributed by atoms with E-state index in [1.54, 1.807) is 0 Å². The van der Waals surface area contributed by atoms with Gasteiger partial charge in [0.25, 0.3) is 0 Å². The molecule has 6 heteroatoms. The fourth-order valence-electron chi connectivity index (χ4n) is 3.42. The molecular formula is C24H22N2O2Se2. The van der Waals surface area contributed by atoms with E-state index < -0.39 is 9.68 Å². The van der Waals surface area contributed by atoms with Crippen molar-refractivity contribution in [3.8, 4) is 0 Å².